The third-order valence-electron chi connectivity index (χ3n) is 5.18. The summed E-state index contributed by atoms with van der Waals surface area (Å²) in [5.74, 6) is 1.63. The first-order valence-electron chi connectivity index (χ1n) is 9.41. The van der Waals surface area contributed by atoms with Crippen molar-refractivity contribution in [3.05, 3.63) is 47.2 Å². The summed E-state index contributed by atoms with van der Waals surface area (Å²) in [5, 5.41) is 0. The second kappa shape index (κ2) is 7.48. The van der Waals surface area contributed by atoms with Crippen molar-refractivity contribution in [2.24, 2.45) is 0 Å². The summed E-state index contributed by atoms with van der Waals surface area (Å²) in [7, 11) is 0. The van der Waals surface area contributed by atoms with Gasteiger partial charge in [0.05, 0.1) is 0 Å². The van der Waals surface area contributed by atoms with E-state index in [2.05, 4.69) is 25.9 Å². The molecule has 0 amide bonds. The summed E-state index contributed by atoms with van der Waals surface area (Å²) in [4.78, 5) is 15.8. The van der Waals surface area contributed by atoms with Crippen LogP contribution >= 0.6 is 0 Å². The van der Waals surface area contributed by atoms with Crippen molar-refractivity contribution in [1.29, 1.82) is 0 Å². The number of rotatable bonds is 4. The van der Waals surface area contributed by atoms with Crippen LogP contribution in [0.1, 0.15) is 54.7 Å². The molecule has 0 atom stereocenters. The van der Waals surface area contributed by atoms with Gasteiger partial charge in [-0.1, -0.05) is 12.5 Å². The van der Waals surface area contributed by atoms with Crippen molar-refractivity contribution >= 4 is 0 Å². The first kappa shape index (κ1) is 16.5. The lowest BCUT2D eigenvalue weighted by Gasteiger charge is -2.28. The average molecular weight is 338 g/mol. The Labute approximate surface area is 149 Å². The van der Waals surface area contributed by atoms with Gasteiger partial charge in [0.25, 0.3) is 0 Å². The SMILES string of the molecule is Cc1ncc2c(n1)CCN(Cc1ccc(OC3CCCCC3)nc1)C2. The van der Waals surface area contributed by atoms with Gasteiger partial charge in [0.1, 0.15) is 11.9 Å². The highest BCUT2D eigenvalue weighted by Gasteiger charge is 2.19. The number of nitrogens with zero attached hydrogens (tertiary/aromatic N) is 4. The highest BCUT2D eigenvalue weighted by Crippen LogP contribution is 2.23. The lowest BCUT2D eigenvalue weighted by atomic mass is 9.98. The smallest absolute Gasteiger partial charge is 0.213 e. The van der Waals surface area contributed by atoms with Crippen molar-refractivity contribution < 1.29 is 4.74 Å². The second-order valence-electron chi connectivity index (χ2n) is 7.23. The lowest BCUT2D eigenvalue weighted by Crippen LogP contribution is -2.31. The summed E-state index contributed by atoms with van der Waals surface area (Å²) in [6.07, 6.45) is 11.5. The van der Waals surface area contributed by atoms with E-state index in [4.69, 9.17) is 4.74 Å². The highest BCUT2D eigenvalue weighted by atomic mass is 16.5. The maximum atomic E-state index is 6.02. The minimum atomic E-state index is 0.356. The van der Waals surface area contributed by atoms with Gasteiger partial charge in [-0.2, -0.15) is 0 Å². The Morgan fingerprint density at radius 3 is 2.80 bits per heavy atom. The molecule has 1 aliphatic heterocycles. The van der Waals surface area contributed by atoms with E-state index < -0.39 is 0 Å². The Morgan fingerprint density at radius 2 is 2.00 bits per heavy atom. The summed E-state index contributed by atoms with van der Waals surface area (Å²) >= 11 is 0. The molecule has 0 bridgehead atoms. The van der Waals surface area contributed by atoms with Gasteiger partial charge in [0.15, 0.2) is 0 Å². The van der Waals surface area contributed by atoms with Crippen LogP contribution in [0.2, 0.25) is 0 Å². The molecule has 0 spiro atoms. The quantitative estimate of drug-likeness (QED) is 0.854. The van der Waals surface area contributed by atoms with Crippen LogP contribution in [0, 0.1) is 6.92 Å². The van der Waals surface area contributed by atoms with Crippen LogP contribution in [-0.2, 0) is 19.5 Å². The number of pyridine rings is 1. The number of aromatic nitrogens is 3. The van der Waals surface area contributed by atoms with Crippen molar-refractivity contribution in [2.45, 2.75) is 64.6 Å². The lowest BCUT2D eigenvalue weighted by molar-refractivity contribution is 0.148. The van der Waals surface area contributed by atoms with E-state index in [-0.39, 0.29) is 0 Å². The Kier molecular flexibility index (Phi) is 4.92. The van der Waals surface area contributed by atoms with E-state index >= 15 is 0 Å². The van der Waals surface area contributed by atoms with E-state index in [0.29, 0.717) is 6.10 Å². The van der Waals surface area contributed by atoms with Gasteiger partial charge < -0.3 is 4.74 Å². The molecule has 0 radical (unpaired) electrons. The van der Waals surface area contributed by atoms with Crippen LogP contribution in [0.3, 0.4) is 0 Å². The van der Waals surface area contributed by atoms with E-state index in [9.17, 15) is 0 Å². The zero-order valence-corrected chi connectivity index (χ0v) is 14.9. The van der Waals surface area contributed by atoms with Gasteiger partial charge in [0.2, 0.25) is 5.88 Å². The molecule has 3 heterocycles. The molecule has 5 heteroatoms. The second-order valence-corrected chi connectivity index (χ2v) is 7.23. The van der Waals surface area contributed by atoms with Gasteiger partial charge in [-0.05, 0) is 38.2 Å². The van der Waals surface area contributed by atoms with Gasteiger partial charge in [-0.25, -0.2) is 15.0 Å². The number of hydrogen-bond donors (Lipinski definition) is 0. The Morgan fingerprint density at radius 1 is 1.12 bits per heavy atom. The normalized spacial score (nSPS) is 18.8. The Balaban J connectivity index is 1.34. The molecule has 2 aromatic rings. The molecule has 0 unspecified atom stereocenters. The van der Waals surface area contributed by atoms with E-state index in [1.54, 1.807) is 0 Å². The standard InChI is InChI=1S/C20H26N4O/c1-15-21-12-17-14-24(10-9-19(17)23-15)13-16-7-8-20(22-11-16)25-18-5-3-2-4-6-18/h7-8,11-12,18H,2-6,9-10,13-14H2,1H3. The zero-order chi connectivity index (χ0) is 17.1. The van der Waals surface area contributed by atoms with E-state index in [0.717, 1.165) is 50.6 Å². The average Bonchev–Trinajstić information content (AvgIpc) is 2.64. The summed E-state index contributed by atoms with van der Waals surface area (Å²) < 4.78 is 6.02. The predicted molar refractivity (Wildman–Crippen MR) is 96.3 cm³/mol. The van der Waals surface area contributed by atoms with Crippen LogP contribution in [-0.4, -0.2) is 32.5 Å². The van der Waals surface area contributed by atoms with Crippen LogP contribution in [0.15, 0.2) is 24.5 Å². The number of ether oxygens (including phenoxy) is 1. The number of hydrogen-bond acceptors (Lipinski definition) is 5. The molecule has 4 rings (SSSR count). The fourth-order valence-corrected chi connectivity index (χ4v) is 3.80. The molecule has 1 aliphatic carbocycles. The monoisotopic (exact) mass is 338 g/mol. The molecule has 5 nitrogen and oxygen atoms in total. The van der Waals surface area contributed by atoms with Crippen LogP contribution in [0.25, 0.3) is 0 Å². The summed E-state index contributed by atoms with van der Waals surface area (Å²) in [6, 6.07) is 4.17. The van der Waals surface area contributed by atoms with E-state index in [1.807, 2.05) is 25.4 Å². The molecule has 2 aliphatic rings. The number of aryl methyl sites for hydroxylation is 1. The van der Waals surface area contributed by atoms with Crippen LogP contribution in [0.5, 0.6) is 5.88 Å². The molecule has 1 saturated carbocycles. The summed E-state index contributed by atoms with van der Waals surface area (Å²) in [5.41, 5.74) is 3.69. The number of fused-ring (bicyclic) bond motifs is 1. The first-order valence-corrected chi connectivity index (χ1v) is 9.41. The molecule has 1 fully saturated rings. The maximum Gasteiger partial charge on any atom is 0.213 e. The highest BCUT2D eigenvalue weighted by molar-refractivity contribution is 5.22. The Hall–Kier alpha value is -2.01. The zero-order valence-electron chi connectivity index (χ0n) is 14.9. The van der Waals surface area contributed by atoms with Crippen LogP contribution < -0.4 is 4.74 Å². The van der Waals surface area contributed by atoms with Gasteiger partial charge >= 0.3 is 0 Å². The molecular formula is C20H26N4O. The van der Waals surface area contributed by atoms with Gasteiger partial charge in [-0.3, -0.25) is 4.90 Å². The van der Waals surface area contributed by atoms with Crippen molar-refractivity contribution in [1.82, 2.24) is 19.9 Å². The minimum absolute atomic E-state index is 0.356. The molecule has 0 saturated heterocycles. The van der Waals surface area contributed by atoms with Crippen molar-refractivity contribution in [3.8, 4) is 5.88 Å². The molecule has 0 aromatic carbocycles. The molecule has 2 aromatic heterocycles. The predicted octanol–water partition coefficient (Wildman–Crippen LogP) is 3.45. The van der Waals surface area contributed by atoms with Gasteiger partial charge in [0, 0.05) is 55.8 Å². The molecule has 25 heavy (non-hydrogen) atoms. The summed E-state index contributed by atoms with van der Waals surface area (Å²) in [6.45, 7) is 4.80. The van der Waals surface area contributed by atoms with Crippen molar-refractivity contribution in [2.75, 3.05) is 6.54 Å². The fourth-order valence-electron chi connectivity index (χ4n) is 3.80. The van der Waals surface area contributed by atoms with Crippen LogP contribution in [0.4, 0.5) is 0 Å². The van der Waals surface area contributed by atoms with Crippen molar-refractivity contribution in [3.63, 3.8) is 0 Å². The molecule has 132 valence electrons. The van der Waals surface area contributed by atoms with E-state index in [1.165, 1.54) is 36.1 Å². The fraction of sp³-hybridized carbons (Fsp3) is 0.550. The third kappa shape index (κ3) is 4.15. The molecule has 0 N–H and O–H groups in total. The Bertz CT molecular complexity index is 710. The van der Waals surface area contributed by atoms with Gasteiger partial charge in [-0.15, -0.1) is 0 Å². The first-order chi connectivity index (χ1) is 12.3. The third-order valence-corrected chi connectivity index (χ3v) is 5.18. The topological polar surface area (TPSA) is 51.1 Å². The molecular weight excluding hydrogens is 312 g/mol. The largest absolute Gasteiger partial charge is 0.474 e. The maximum absolute atomic E-state index is 6.02. The minimum Gasteiger partial charge on any atom is -0.474 e.